The van der Waals surface area contributed by atoms with Gasteiger partial charge in [-0.3, -0.25) is 4.79 Å². The lowest BCUT2D eigenvalue weighted by Crippen LogP contribution is -2.49. The van der Waals surface area contributed by atoms with Gasteiger partial charge >= 0.3 is 0 Å². The van der Waals surface area contributed by atoms with E-state index in [0.717, 1.165) is 0 Å². The van der Waals surface area contributed by atoms with Gasteiger partial charge < -0.3 is 9.80 Å². The summed E-state index contributed by atoms with van der Waals surface area (Å²) in [6, 6.07) is 7.96. The molecule has 0 aliphatic carbocycles. The molecule has 1 aromatic heterocycles. The van der Waals surface area contributed by atoms with Crippen molar-refractivity contribution in [2.75, 3.05) is 44.2 Å². The SMILES string of the molecule is CCN(CC)S(=O)(=O)c1cc(C(=O)N2CCN(c3ncccc3Cl)CC2)ccc1Cl. The largest absolute Gasteiger partial charge is 0.352 e. The third-order valence-corrected chi connectivity index (χ3v) is 7.93. The highest BCUT2D eigenvalue weighted by atomic mass is 35.5. The van der Waals surface area contributed by atoms with Crippen molar-refractivity contribution < 1.29 is 13.2 Å². The smallest absolute Gasteiger partial charge is 0.254 e. The Morgan fingerprint density at radius 3 is 2.33 bits per heavy atom. The average molecular weight is 471 g/mol. The Kier molecular flexibility index (Phi) is 7.23. The fraction of sp³-hybridized carbons (Fsp3) is 0.400. The maximum Gasteiger partial charge on any atom is 0.254 e. The van der Waals surface area contributed by atoms with Crippen molar-refractivity contribution in [1.82, 2.24) is 14.2 Å². The molecule has 2 heterocycles. The van der Waals surface area contributed by atoms with E-state index < -0.39 is 10.0 Å². The number of aromatic nitrogens is 1. The van der Waals surface area contributed by atoms with E-state index in [9.17, 15) is 13.2 Å². The molecule has 0 spiro atoms. The molecule has 30 heavy (non-hydrogen) atoms. The lowest BCUT2D eigenvalue weighted by Gasteiger charge is -2.35. The number of piperazine rings is 1. The van der Waals surface area contributed by atoms with Gasteiger partial charge in [-0.1, -0.05) is 37.0 Å². The normalized spacial score (nSPS) is 15.0. The maximum absolute atomic E-state index is 13.0. The third-order valence-electron chi connectivity index (χ3n) is 5.11. The summed E-state index contributed by atoms with van der Waals surface area (Å²) in [5.41, 5.74) is 0.300. The standard InChI is InChI=1S/C20H24Cl2N4O3S/c1-3-26(4-2)30(28,29)18-14-15(7-8-16(18)21)20(27)25-12-10-24(11-13-25)19-17(22)6-5-9-23-19/h5-9,14H,3-4,10-13H2,1-2H3. The van der Waals surface area contributed by atoms with Gasteiger partial charge in [0.25, 0.3) is 5.91 Å². The van der Waals surface area contributed by atoms with Crippen LogP contribution in [0.1, 0.15) is 24.2 Å². The predicted molar refractivity (Wildman–Crippen MR) is 119 cm³/mol. The molecule has 0 radical (unpaired) electrons. The van der Waals surface area contributed by atoms with Crippen molar-refractivity contribution in [2.24, 2.45) is 0 Å². The molecular weight excluding hydrogens is 447 g/mol. The van der Waals surface area contributed by atoms with Crippen LogP contribution in [-0.2, 0) is 10.0 Å². The molecule has 1 aliphatic rings. The second-order valence-corrected chi connectivity index (χ2v) is 9.54. The Morgan fingerprint density at radius 2 is 1.73 bits per heavy atom. The van der Waals surface area contributed by atoms with Crippen LogP contribution in [0.15, 0.2) is 41.4 Å². The molecule has 0 N–H and O–H groups in total. The van der Waals surface area contributed by atoms with Crippen molar-refractivity contribution in [2.45, 2.75) is 18.7 Å². The molecule has 2 aromatic rings. The molecule has 0 unspecified atom stereocenters. The number of carbonyl (C=O) groups is 1. The molecule has 1 amide bonds. The van der Waals surface area contributed by atoms with Gasteiger partial charge in [-0.15, -0.1) is 0 Å². The number of carbonyl (C=O) groups excluding carboxylic acids is 1. The van der Waals surface area contributed by atoms with E-state index in [1.165, 1.54) is 16.4 Å². The number of rotatable bonds is 6. The Balaban J connectivity index is 1.78. The molecule has 0 saturated carbocycles. The van der Waals surface area contributed by atoms with Crippen LogP contribution in [0, 0.1) is 0 Å². The van der Waals surface area contributed by atoms with E-state index in [-0.39, 0.29) is 15.8 Å². The highest BCUT2D eigenvalue weighted by Crippen LogP contribution is 2.27. The Hall–Kier alpha value is -1.87. The molecular formula is C20H24Cl2N4O3S. The minimum atomic E-state index is -3.77. The van der Waals surface area contributed by atoms with Gasteiger partial charge in [0.1, 0.15) is 10.7 Å². The summed E-state index contributed by atoms with van der Waals surface area (Å²) >= 11 is 12.4. The van der Waals surface area contributed by atoms with Crippen LogP contribution < -0.4 is 4.90 Å². The first-order valence-electron chi connectivity index (χ1n) is 9.74. The third kappa shape index (κ3) is 4.56. The summed E-state index contributed by atoms with van der Waals surface area (Å²) < 4.78 is 27.1. The monoisotopic (exact) mass is 470 g/mol. The quantitative estimate of drug-likeness (QED) is 0.646. The number of nitrogens with zero attached hydrogens (tertiary/aromatic N) is 4. The van der Waals surface area contributed by atoms with Crippen LogP contribution in [0.3, 0.4) is 0 Å². The van der Waals surface area contributed by atoms with Crippen molar-refractivity contribution in [3.8, 4) is 0 Å². The Morgan fingerprint density at radius 1 is 1.07 bits per heavy atom. The Bertz CT molecular complexity index is 1020. The highest BCUT2D eigenvalue weighted by Gasteiger charge is 2.28. The summed E-state index contributed by atoms with van der Waals surface area (Å²) in [6.07, 6.45) is 1.68. The summed E-state index contributed by atoms with van der Waals surface area (Å²) in [4.78, 5) is 21.0. The summed E-state index contributed by atoms with van der Waals surface area (Å²) in [7, 11) is -3.77. The zero-order valence-electron chi connectivity index (χ0n) is 16.9. The van der Waals surface area contributed by atoms with Crippen molar-refractivity contribution in [3.63, 3.8) is 0 Å². The fourth-order valence-corrected chi connectivity index (χ4v) is 5.65. The predicted octanol–water partition coefficient (Wildman–Crippen LogP) is 3.38. The molecule has 1 aromatic carbocycles. The number of hydrogen-bond donors (Lipinski definition) is 0. The van der Waals surface area contributed by atoms with Crippen molar-refractivity contribution in [3.05, 3.63) is 52.1 Å². The average Bonchev–Trinajstić information content (AvgIpc) is 2.74. The van der Waals surface area contributed by atoms with Crippen LogP contribution in [0.5, 0.6) is 0 Å². The van der Waals surface area contributed by atoms with E-state index in [4.69, 9.17) is 23.2 Å². The van der Waals surface area contributed by atoms with Gasteiger partial charge in [-0.2, -0.15) is 4.31 Å². The highest BCUT2D eigenvalue weighted by molar-refractivity contribution is 7.89. The number of pyridine rings is 1. The van der Waals surface area contributed by atoms with E-state index in [1.807, 2.05) is 4.90 Å². The topological polar surface area (TPSA) is 73.8 Å². The number of hydrogen-bond acceptors (Lipinski definition) is 5. The van der Waals surface area contributed by atoms with Crippen molar-refractivity contribution in [1.29, 1.82) is 0 Å². The lowest BCUT2D eigenvalue weighted by molar-refractivity contribution is 0.0746. The van der Waals surface area contributed by atoms with Gasteiger partial charge in [-0.25, -0.2) is 13.4 Å². The van der Waals surface area contributed by atoms with E-state index in [0.29, 0.717) is 55.7 Å². The molecule has 10 heteroatoms. The fourth-order valence-electron chi connectivity index (χ4n) is 3.45. The minimum Gasteiger partial charge on any atom is -0.352 e. The second kappa shape index (κ2) is 9.51. The molecule has 7 nitrogen and oxygen atoms in total. The van der Waals surface area contributed by atoms with Gasteiger partial charge in [0.2, 0.25) is 10.0 Å². The minimum absolute atomic E-state index is 0.0439. The van der Waals surface area contributed by atoms with E-state index >= 15 is 0 Å². The van der Waals surface area contributed by atoms with Crippen LogP contribution in [0.2, 0.25) is 10.0 Å². The molecule has 0 bridgehead atoms. The van der Waals surface area contributed by atoms with Crippen LogP contribution >= 0.6 is 23.2 Å². The number of amides is 1. The summed E-state index contributed by atoms with van der Waals surface area (Å²) in [5.74, 6) is 0.472. The Labute approximate surface area is 187 Å². The lowest BCUT2D eigenvalue weighted by atomic mass is 10.2. The molecule has 1 saturated heterocycles. The first-order valence-corrected chi connectivity index (χ1v) is 11.9. The molecule has 0 atom stereocenters. The van der Waals surface area contributed by atoms with Gasteiger partial charge in [0.05, 0.1) is 10.0 Å². The van der Waals surface area contributed by atoms with Gasteiger partial charge in [0, 0.05) is 51.0 Å². The maximum atomic E-state index is 13.0. The van der Waals surface area contributed by atoms with Gasteiger partial charge in [0.15, 0.2) is 0 Å². The number of anilines is 1. The van der Waals surface area contributed by atoms with Crippen LogP contribution in [-0.4, -0.2) is 67.8 Å². The van der Waals surface area contributed by atoms with E-state index in [2.05, 4.69) is 4.98 Å². The number of halogens is 2. The molecule has 162 valence electrons. The molecule has 1 aliphatic heterocycles. The zero-order chi connectivity index (χ0) is 21.9. The summed E-state index contributed by atoms with van der Waals surface area (Å²) in [6.45, 7) is 6.30. The number of benzene rings is 1. The van der Waals surface area contributed by atoms with Crippen LogP contribution in [0.25, 0.3) is 0 Å². The summed E-state index contributed by atoms with van der Waals surface area (Å²) in [5, 5.41) is 0.675. The first kappa shape index (κ1) is 22.8. The molecule has 3 rings (SSSR count). The van der Waals surface area contributed by atoms with E-state index in [1.54, 1.807) is 43.1 Å². The second-order valence-electron chi connectivity index (χ2n) is 6.82. The molecule has 1 fully saturated rings. The van der Waals surface area contributed by atoms with Gasteiger partial charge in [-0.05, 0) is 30.3 Å². The van der Waals surface area contributed by atoms with Crippen LogP contribution in [0.4, 0.5) is 5.82 Å². The number of sulfonamides is 1. The first-order chi connectivity index (χ1) is 14.3. The zero-order valence-corrected chi connectivity index (χ0v) is 19.2. The van der Waals surface area contributed by atoms with Crippen molar-refractivity contribution >= 4 is 45.0 Å².